The summed E-state index contributed by atoms with van der Waals surface area (Å²) < 4.78 is 5.51. The number of urea groups is 1. The van der Waals surface area contributed by atoms with E-state index in [-0.39, 0.29) is 12.1 Å². The molecule has 102 valence electrons. The zero-order valence-electron chi connectivity index (χ0n) is 10.1. The third-order valence-corrected chi connectivity index (χ3v) is 4.20. The lowest BCUT2D eigenvalue weighted by Gasteiger charge is -2.25. The van der Waals surface area contributed by atoms with Crippen molar-refractivity contribution in [3.8, 4) is 0 Å². The number of nitrogens with zero attached hydrogens (tertiary/aromatic N) is 1. The van der Waals surface area contributed by atoms with Crippen LogP contribution in [0.3, 0.4) is 0 Å². The van der Waals surface area contributed by atoms with Crippen LogP contribution in [0.5, 0.6) is 0 Å². The molecule has 2 aliphatic rings. The highest BCUT2D eigenvalue weighted by Crippen LogP contribution is 2.21. The Hall–Kier alpha value is -0.950. The Morgan fingerprint density at radius 1 is 1.44 bits per heavy atom. The van der Waals surface area contributed by atoms with Gasteiger partial charge in [-0.05, 0) is 19.3 Å². The second-order valence-electron chi connectivity index (χ2n) is 4.50. The van der Waals surface area contributed by atoms with Crippen molar-refractivity contribution < 1.29 is 19.4 Å². The van der Waals surface area contributed by atoms with Crippen molar-refractivity contribution in [2.75, 3.05) is 24.8 Å². The Balaban J connectivity index is 1.78. The Morgan fingerprint density at radius 2 is 2.28 bits per heavy atom. The van der Waals surface area contributed by atoms with E-state index in [1.54, 1.807) is 0 Å². The van der Waals surface area contributed by atoms with E-state index in [0.29, 0.717) is 18.2 Å². The molecule has 0 spiro atoms. The fraction of sp³-hybridized carbons (Fsp3) is 0.818. The molecule has 0 bridgehead atoms. The van der Waals surface area contributed by atoms with Gasteiger partial charge in [0, 0.05) is 18.9 Å². The topological polar surface area (TPSA) is 78.9 Å². The van der Waals surface area contributed by atoms with Crippen LogP contribution in [0.15, 0.2) is 0 Å². The van der Waals surface area contributed by atoms with Gasteiger partial charge in [-0.3, -0.25) is 0 Å². The standard InChI is InChI=1S/C11H18N2O4S/c14-10(15)9-6-18-7-13(9)11(16)12-5-8-3-1-2-4-17-8/h8-9H,1-7H2,(H,12,16)(H,14,15)/t8?,9-/m0/s1. The first-order chi connectivity index (χ1) is 8.68. The first-order valence-corrected chi connectivity index (χ1v) is 7.30. The first-order valence-electron chi connectivity index (χ1n) is 6.15. The van der Waals surface area contributed by atoms with Gasteiger partial charge in [-0.25, -0.2) is 9.59 Å². The highest BCUT2D eigenvalue weighted by atomic mass is 32.2. The smallest absolute Gasteiger partial charge is 0.327 e. The molecule has 6 nitrogen and oxygen atoms in total. The monoisotopic (exact) mass is 274 g/mol. The lowest BCUT2D eigenvalue weighted by molar-refractivity contribution is -0.140. The van der Waals surface area contributed by atoms with Gasteiger partial charge in [0.1, 0.15) is 6.04 Å². The molecule has 2 saturated heterocycles. The normalized spacial score (nSPS) is 28.1. The number of carboxylic acids is 1. The van der Waals surface area contributed by atoms with E-state index >= 15 is 0 Å². The number of aliphatic carboxylic acids is 1. The van der Waals surface area contributed by atoms with Crippen LogP contribution in [-0.4, -0.2) is 58.9 Å². The molecule has 2 N–H and O–H groups in total. The molecule has 2 amide bonds. The van der Waals surface area contributed by atoms with Crippen LogP contribution in [0.25, 0.3) is 0 Å². The Labute approximate surface area is 110 Å². The minimum Gasteiger partial charge on any atom is -0.480 e. The van der Waals surface area contributed by atoms with Crippen molar-refractivity contribution in [1.29, 1.82) is 0 Å². The lowest BCUT2D eigenvalue weighted by atomic mass is 10.1. The maximum absolute atomic E-state index is 11.9. The number of nitrogens with one attached hydrogen (secondary N) is 1. The molecule has 0 radical (unpaired) electrons. The van der Waals surface area contributed by atoms with Gasteiger partial charge in [0.2, 0.25) is 0 Å². The lowest BCUT2D eigenvalue weighted by Crippen LogP contribution is -2.48. The van der Waals surface area contributed by atoms with Crippen LogP contribution in [0, 0.1) is 0 Å². The molecular formula is C11H18N2O4S. The summed E-state index contributed by atoms with van der Waals surface area (Å²) in [5.74, 6) is -0.0409. The third kappa shape index (κ3) is 3.29. The predicted octanol–water partition coefficient (Wildman–Crippen LogP) is 0.725. The summed E-state index contributed by atoms with van der Waals surface area (Å²) in [6, 6.07) is -1.01. The summed E-state index contributed by atoms with van der Waals surface area (Å²) in [7, 11) is 0. The van der Waals surface area contributed by atoms with E-state index < -0.39 is 12.0 Å². The number of carboxylic acid groups (broad SMARTS) is 1. The van der Waals surface area contributed by atoms with Crippen LogP contribution >= 0.6 is 11.8 Å². The van der Waals surface area contributed by atoms with Gasteiger partial charge >= 0.3 is 12.0 Å². The molecule has 2 rings (SSSR count). The highest BCUT2D eigenvalue weighted by Gasteiger charge is 2.34. The molecule has 2 fully saturated rings. The average molecular weight is 274 g/mol. The molecule has 0 aromatic heterocycles. The molecule has 1 unspecified atom stereocenters. The quantitative estimate of drug-likeness (QED) is 0.793. The van der Waals surface area contributed by atoms with Gasteiger partial charge in [0.05, 0.1) is 12.0 Å². The van der Waals surface area contributed by atoms with Gasteiger partial charge in [0.25, 0.3) is 0 Å². The number of rotatable bonds is 3. The van der Waals surface area contributed by atoms with Gasteiger partial charge in [-0.15, -0.1) is 11.8 Å². The Kier molecular flexibility index (Phi) is 4.71. The molecule has 0 saturated carbocycles. The van der Waals surface area contributed by atoms with Gasteiger partial charge in [-0.2, -0.15) is 0 Å². The van der Waals surface area contributed by atoms with E-state index in [9.17, 15) is 9.59 Å². The molecule has 0 aromatic carbocycles. The fourth-order valence-electron chi connectivity index (χ4n) is 2.12. The molecule has 2 aliphatic heterocycles. The van der Waals surface area contributed by atoms with Gasteiger partial charge in [-0.1, -0.05) is 0 Å². The number of carbonyl (C=O) groups excluding carboxylic acids is 1. The van der Waals surface area contributed by atoms with Crippen molar-refractivity contribution in [2.24, 2.45) is 0 Å². The van der Waals surface area contributed by atoms with E-state index in [4.69, 9.17) is 9.84 Å². The number of hydrogen-bond acceptors (Lipinski definition) is 4. The summed E-state index contributed by atoms with van der Waals surface area (Å²) >= 11 is 1.46. The van der Waals surface area contributed by atoms with E-state index in [0.717, 1.165) is 25.9 Å². The Bertz CT molecular complexity index is 320. The Morgan fingerprint density at radius 3 is 2.94 bits per heavy atom. The van der Waals surface area contributed by atoms with Gasteiger partial charge in [0.15, 0.2) is 0 Å². The van der Waals surface area contributed by atoms with Crippen molar-refractivity contribution in [1.82, 2.24) is 10.2 Å². The van der Waals surface area contributed by atoms with Crippen LogP contribution in [0.2, 0.25) is 0 Å². The number of hydrogen-bond donors (Lipinski definition) is 2. The van der Waals surface area contributed by atoms with Crippen LogP contribution in [0.1, 0.15) is 19.3 Å². The highest BCUT2D eigenvalue weighted by molar-refractivity contribution is 7.99. The van der Waals surface area contributed by atoms with Crippen molar-refractivity contribution >= 4 is 23.8 Å². The summed E-state index contributed by atoms with van der Waals surface area (Å²) in [6.07, 6.45) is 3.23. The van der Waals surface area contributed by atoms with Crippen LogP contribution in [0.4, 0.5) is 4.79 Å². The maximum atomic E-state index is 11.9. The maximum Gasteiger partial charge on any atom is 0.327 e. The molecule has 18 heavy (non-hydrogen) atoms. The summed E-state index contributed by atoms with van der Waals surface area (Å²) in [5, 5.41) is 11.8. The van der Waals surface area contributed by atoms with E-state index in [1.807, 2.05) is 0 Å². The molecular weight excluding hydrogens is 256 g/mol. The minimum atomic E-state index is -0.941. The zero-order chi connectivity index (χ0) is 13.0. The summed E-state index contributed by atoms with van der Waals surface area (Å²) in [5.41, 5.74) is 0. The largest absolute Gasteiger partial charge is 0.480 e. The van der Waals surface area contributed by atoms with Crippen molar-refractivity contribution in [3.63, 3.8) is 0 Å². The number of thioether (sulfide) groups is 1. The molecule has 7 heteroatoms. The second kappa shape index (κ2) is 6.29. The van der Waals surface area contributed by atoms with Crippen molar-refractivity contribution in [2.45, 2.75) is 31.4 Å². The molecule has 2 atom stereocenters. The second-order valence-corrected chi connectivity index (χ2v) is 5.50. The van der Waals surface area contributed by atoms with Crippen molar-refractivity contribution in [3.05, 3.63) is 0 Å². The summed E-state index contributed by atoms with van der Waals surface area (Å²) in [6.45, 7) is 1.21. The van der Waals surface area contributed by atoms with E-state index in [1.165, 1.54) is 16.7 Å². The zero-order valence-corrected chi connectivity index (χ0v) is 10.9. The fourth-order valence-corrected chi connectivity index (χ4v) is 3.26. The molecule has 0 aromatic rings. The number of amides is 2. The van der Waals surface area contributed by atoms with Crippen LogP contribution < -0.4 is 5.32 Å². The van der Waals surface area contributed by atoms with Gasteiger partial charge < -0.3 is 20.1 Å². The summed E-state index contributed by atoms with van der Waals surface area (Å²) in [4.78, 5) is 24.2. The SMILES string of the molecule is O=C(O)[C@@H]1CSCN1C(=O)NCC1CCCCO1. The average Bonchev–Trinajstić information content (AvgIpc) is 2.86. The predicted molar refractivity (Wildman–Crippen MR) is 67.6 cm³/mol. The first kappa shape index (κ1) is 13.5. The number of ether oxygens (including phenoxy) is 1. The van der Waals surface area contributed by atoms with E-state index in [2.05, 4.69) is 5.32 Å². The molecule has 2 heterocycles. The minimum absolute atomic E-state index is 0.0706. The number of carbonyl (C=O) groups is 2. The molecule has 0 aliphatic carbocycles. The van der Waals surface area contributed by atoms with Crippen LogP contribution in [-0.2, 0) is 9.53 Å². The third-order valence-electron chi connectivity index (χ3n) is 3.18.